The Labute approximate surface area is 158 Å². The molecule has 25 heavy (non-hydrogen) atoms. The van der Waals surface area contributed by atoms with E-state index in [1.54, 1.807) is 23.3 Å². The fourth-order valence-corrected chi connectivity index (χ4v) is 2.17. The van der Waals surface area contributed by atoms with E-state index >= 15 is 0 Å². The van der Waals surface area contributed by atoms with E-state index in [2.05, 4.69) is 0 Å². The highest BCUT2D eigenvalue weighted by Crippen LogP contribution is 2.13. The van der Waals surface area contributed by atoms with Gasteiger partial charge in [0.05, 0.1) is 13.7 Å². The van der Waals surface area contributed by atoms with Gasteiger partial charge < -0.3 is 26.5 Å². The summed E-state index contributed by atoms with van der Waals surface area (Å²) in [6.07, 6.45) is 6.72. The number of carbonyl (C=O) groups excluding carboxylic acids is 2. The lowest BCUT2D eigenvalue weighted by Gasteiger charge is -2.13. The van der Waals surface area contributed by atoms with Crippen LogP contribution in [0.5, 0.6) is 0 Å². The predicted molar refractivity (Wildman–Crippen MR) is 86.8 cm³/mol. The third kappa shape index (κ3) is 6.34. The molecule has 0 aliphatic heterocycles. The maximum Gasteiger partial charge on any atom is 0.364 e. The molecule has 0 bridgehead atoms. The summed E-state index contributed by atoms with van der Waals surface area (Å²) in [5.74, 6) is -1.23. The second-order valence-corrected chi connectivity index (χ2v) is 5.54. The SMILES string of the molecule is CCCCOC(=O)[C@H](C(=O)OCc1ccccc1)n1cc[n+](C)c1.[Br-]. The number of nitrogens with zero attached hydrogens (tertiary/aromatic N) is 2. The first-order valence-electron chi connectivity index (χ1n) is 8.01. The van der Waals surface area contributed by atoms with E-state index in [4.69, 9.17) is 9.47 Å². The number of halogens is 1. The molecule has 0 radical (unpaired) electrons. The molecule has 2 rings (SSSR count). The number of carbonyl (C=O) groups is 2. The molecule has 1 aromatic carbocycles. The standard InChI is InChI=1S/C18H23N2O4.BrH/c1-3-4-12-23-17(21)16(20-11-10-19(2)14-20)18(22)24-13-15-8-6-5-7-9-15;/h5-11,14,16H,3-4,12-13H2,1-2H3;1H/q+1;/p-1/t16-;/m1./s1. The number of benzene rings is 1. The third-order valence-corrected chi connectivity index (χ3v) is 3.50. The van der Waals surface area contributed by atoms with Gasteiger partial charge in [0, 0.05) is 0 Å². The number of rotatable bonds is 8. The number of esters is 2. The Balaban J connectivity index is 0.00000312. The Morgan fingerprint density at radius 1 is 1.16 bits per heavy atom. The monoisotopic (exact) mass is 410 g/mol. The predicted octanol–water partition coefficient (Wildman–Crippen LogP) is -1.06. The van der Waals surface area contributed by atoms with E-state index in [1.165, 1.54) is 4.57 Å². The smallest absolute Gasteiger partial charge is 0.364 e. The summed E-state index contributed by atoms with van der Waals surface area (Å²) < 4.78 is 13.8. The minimum atomic E-state index is -1.13. The number of ether oxygens (including phenoxy) is 2. The zero-order valence-corrected chi connectivity index (χ0v) is 16.0. The Morgan fingerprint density at radius 3 is 2.44 bits per heavy atom. The lowest BCUT2D eigenvalue weighted by atomic mass is 10.2. The van der Waals surface area contributed by atoms with Crippen molar-refractivity contribution in [3.63, 3.8) is 0 Å². The second kappa shape index (κ2) is 10.7. The van der Waals surface area contributed by atoms with Crippen LogP contribution >= 0.6 is 0 Å². The highest BCUT2D eigenvalue weighted by atomic mass is 79.9. The van der Waals surface area contributed by atoms with Crippen LogP contribution in [0.25, 0.3) is 0 Å². The second-order valence-electron chi connectivity index (χ2n) is 5.54. The molecule has 1 heterocycles. The molecular formula is C18H23BrN2O4. The summed E-state index contributed by atoms with van der Waals surface area (Å²) in [4.78, 5) is 24.8. The zero-order valence-electron chi connectivity index (χ0n) is 14.4. The Morgan fingerprint density at radius 2 is 1.84 bits per heavy atom. The fraction of sp³-hybridized carbons (Fsp3) is 0.389. The number of hydrogen-bond acceptors (Lipinski definition) is 4. The van der Waals surface area contributed by atoms with Gasteiger partial charge in [-0.05, 0) is 12.0 Å². The third-order valence-electron chi connectivity index (χ3n) is 3.50. The number of hydrogen-bond donors (Lipinski definition) is 0. The van der Waals surface area contributed by atoms with E-state index in [1.807, 2.05) is 44.3 Å². The summed E-state index contributed by atoms with van der Waals surface area (Å²) in [7, 11) is 1.81. The largest absolute Gasteiger partial charge is 1.00 e. The molecule has 0 aliphatic carbocycles. The normalized spacial score (nSPS) is 11.3. The minimum absolute atomic E-state index is 0. The zero-order chi connectivity index (χ0) is 17.4. The molecule has 0 spiro atoms. The van der Waals surface area contributed by atoms with E-state index in [-0.39, 0.29) is 23.6 Å². The molecule has 136 valence electrons. The molecule has 0 saturated heterocycles. The molecular weight excluding hydrogens is 388 g/mol. The fourth-order valence-electron chi connectivity index (χ4n) is 2.17. The van der Waals surface area contributed by atoms with E-state index < -0.39 is 18.0 Å². The van der Waals surface area contributed by atoms with Gasteiger partial charge in [-0.1, -0.05) is 43.7 Å². The molecule has 0 fully saturated rings. The first-order chi connectivity index (χ1) is 11.6. The van der Waals surface area contributed by atoms with Gasteiger partial charge in [0.15, 0.2) is 0 Å². The van der Waals surface area contributed by atoms with Crippen LogP contribution in [0.1, 0.15) is 31.4 Å². The van der Waals surface area contributed by atoms with Crippen molar-refractivity contribution >= 4 is 11.9 Å². The quantitative estimate of drug-likeness (QED) is 0.241. The summed E-state index contributed by atoms with van der Waals surface area (Å²) in [5.41, 5.74) is 0.863. The van der Waals surface area contributed by atoms with Crippen molar-refractivity contribution in [3.05, 3.63) is 54.6 Å². The van der Waals surface area contributed by atoms with E-state index in [9.17, 15) is 9.59 Å². The van der Waals surface area contributed by atoms with Gasteiger partial charge in [-0.25, -0.2) is 18.7 Å². The van der Waals surface area contributed by atoms with Crippen LogP contribution in [0.15, 0.2) is 49.1 Å². The Hall–Kier alpha value is -2.15. The Bertz CT molecular complexity index is 673. The summed E-state index contributed by atoms with van der Waals surface area (Å²) in [5, 5.41) is 0. The van der Waals surface area contributed by atoms with Gasteiger partial charge in [0.1, 0.15) is 19.0 Å². The van der Waals surface area contributed by atoms with Crippen LogP contribution in [0, 0.1) is 0 Å². The average molecular weight is 411 g/mol. The first-order valence-corrected chi connectivity index (χ1v) is 8.01. The molecule has 7 heteroatoms. The molecule has 1 aromatic heterocycles. The number of aromatic nitrogens is 2. The highest BCUT2D eigenvalue weighted by molar-refractivity contribution is 5.97. The van der Waals surface area contributed by atoms with Gasteiger partial charge in [-0.15, -0.1) is 0 Å². The van der Waals surface area contributed by atoms with Crippen molar-refractivity contribution in [1.29, 1.82) is 0 Å². The molecule has 0 saturated carbocycles. The van der Waals surface area contributed by atoms with Gasteiger partial charge in [-0.2, -0.15) is 0 Å². The van der Waals surface area contributed by atoms with Crippen molar-refractivity contribution in [2.75, 3.05) is 6.61 Å². The molecule has 0 N–H and O–H groups in total. The molecule has 0 aliphatic rings. The van der Waals surface area contributed by atoms with Gasteiger partial charge in [0.25, 0.3) is 6.04 Å². The highest BCUT2D eigenvalue weighted by Gasteiger charge is 2.36. The first kappa shape index (κ1) is 20.9. The Kier molecular flexibility index (Phi) is 8.91. The van der Waals surface area contributed by atoms with Crippen LogP contribution < -0.4 is 21.5 Å². The molecule has 0 unspecified atom stereocenters. The van der Waals surface area contributed by atoms with E-state index in [0.717, 1.165) is 18.4 Å². The van der Waals surface area contributed by atoms with Crippen molar-refractivity contribution in [1.82, 2.24) is 4.57 Å². The summed E-state index contributed by atoms with van der Waals surface area (Å²) in [6, 6.07) is 8.21. The lowest BCUT2D eigenvalue weighted by Crippen LogP contribution is -3.00. The molecule has 6 nitrogen and oxygen atoms in total. The maximum atomic E-state index is 12.4. The van der Waals surface area contributed by atoms with Crippen LogP contribution in [-0.4, -0.2) is 23.1 Å². The molecule has 2 aromatic rings. The summed E-state index contributed by atoms with van der Waals surface area (Å²) >= 11 is 0. The van der Waals surface area contributed by atoms with Crippen LogP contribution in [-0.2, 0) is 32.7 Å². The van der Waals surface area contributed by atoms with Gasteiger partial charge in [0.2, 0.25) is 6.33 Å². The van der Waals surface area contributed by atoms with Crippen molar-refractivity contribution in [3.8, 4) is 0 Å². The van der Waals surface area contributed by atoms with Crippen LogP contribution in [0.2, 0.25) is 0 Å². The van der Waals surface area contributed by atoms with Crippen LogP contribution in [0.4, 0.5) is 0 Å². The molecule has 1 atom stereocenters. The lowest BCUT2D eigenvalue weighted by molar-refractivity contribution is -0.671. The van der Waals surface area contributed by atoms with Crippen molar-refractivity contribution in [2.45, 2.75) is 32.4 Å². The number of imidazole rings is 1. The van der Waals surface area contributed by atoms with Crippen LogP contribution in [0.3, 0.4) is 0 Å². The van der Waals surface area contributed by atoms with E-state index in [0.29, 0.717) is 6.61 Å². The minimum Gasteiger partial charge on any atom is -1.00 e. The van der Waals surface area contributed by atoms with Crippen molar-refractivity contribution in [2.24, 2.45) is 7.05 Å². The number of aryl methyl sites for hydroxylation is 1. The topological polar surface area (TPSA) is 61.4 Å². The average Bonchev–Trinajstić information content (AvgIpc) is 3.00. The molecule has 0 amide bonds. The van der Waals surface area contributed by atoms with Gasteiger partial charge in [-0.3, -0.25) is 0 Å². The van der Waals surface area contributed by atoms with Gasteiger partial charge >= 0.3 is 11.9 Å². The maximum absolute atomic E-state index is 12.4. The van der Waals surface area contributed by atoms with Crippen molar-refractivity contribution < 1.29 is 40.6 Å². The summed E-state index contributed by atoms with van der Waals surface area (Å²) in [6.45, 7) is 2.42. The number of unbranched alkanes of at least 4 members (excludes halogenated alkanes) is 1.